The van der Waals surface area contributed by atoms with Crippen molar-refractivity contribution in [2.45, 2.75) is 93.9 Å². The summed E-state index contributed by atoms with van der Waals surface area (Å²) < 4.78 is 18.3. The topological polar surface area (TPSA) is 36.9 Å². The average Bonchev–Trinajstić information content (AvgIpc) is 2.66. The number of hydrogen-bond donors (Lipinski definition) is 0. The van der Waals surface area contributed by atoms with E-state index < -0.39 is 0 Å². The lowest BCUT2D eigenvalue weighted by Gasteiger charge is -2.40. The highest BCUT2D eigenvalue weighted by Crippen LogP contribution is 2.43. The molecule has 170 valence electrons. The Labute approximate surface area is 172 Å². The van der Waals surface area contributed by atoms with E-state index in [2.05, 4.69) is 74.3 Å². The molecule has 4 nitrogen and oxygen atoms in total. The molecular weight excluding hydrogens is 340 g/mol. The molecule has 27 heavy (non-hydrogen) atoms. The summed E-state index contributed by atoms with van der Waals surface area (Å²) in [6.45, 7) is 20.2. The lowest BCUT2D eigenvalue weighted by atomic mass is 9.65. The first-order chi connectivity index (χ1) is 12.6. The van der Waals surface area contributed by atoms with E-state index in [1.807, 2.05) is 0 Å². The first-order valence-electron chi connectivity index (χ1n) is 10.6. The average molecular weight is 395 g/mol. The largest absolute Gasteiger partial charge is 0.382 e. The molecule has 0 aromatic rings. The normalized spacial score (nSPS) is 10.7. The zero-order valence-electron chi connectivity index (χ0n) is 21.0. The van der Waals surface area contributed by atoms with Crippen LogP contribution >= 0.6 is 0 Å². The first-order valence-corrected chi connectivity index (χ1v) is 10.6. The van der Waals surface area contributed by atoms with Crippen LogP contribution in [-0.2, 0) is 18.9 Å². The highest BCUT2D eigenvalue weighted by atomic mass is 16.6. The van der Waals surface area contributed by atoms with Crippen LogP contribution in [0.3, 0.4) is 0 Å². The summed E-state index contributed by atoms with van der Waals surface area (Å²) >= 11 is 0. The maximum atomic E-state index is 4.66. The highest BCUT2D eigenvalue weighted by molar-refractivity contribution is 4.83. The number of rotatable bonds is 11. The van der Waals surface area contributed by atoms with Crippen molar-refractivity contribution in [3.63, 3.8) is 0 Å². The molecule has 0 saturated heterocycles. The maximum absolute atomic E-state index is 4.66. The molecule has 0 N–H and O–H groups in total. The Morgan fingerprint density at radius 2 is 0.815 bits per heavy atom. The lowest BCUT2D eigenvalue weighted by molar-refractivity contribution is -0.00272. The van der Waals surface area contributed by atoms with Gasteiger partial charge in [-0.05, 0) is 10.8 Å². The quantitative estimate of drug-likeness (QED) is 0.280. The molecule has 0 saturated carbocycles. The van der Waals surface area contributed by atoms with Crippen LogP contribution < -0.4 is 0 Å². The van der Waals surface area contributed by atoms with Crippen molar-refractivity contribution in [1.82, 2.24) is 0 Å². The monoisotopic (exact) mass is 394 g/mol. The molecule has 0 aliphatic heterocycles. The van der Waals surface area contributed by atoms with Gasteiger partial charge in [0.15, 0.2) is 0 Å². The molecule has 4 heteroatoms. The molecule has 0 aromatic heterocycles. The fourth-order valence-corrected chi connectivity index (χ4v) is 1.74. The van der Waals surface area contributed by atoms with Crippen LogP contribution in [0.1, 0.15) is 93.9 Å². The molecule has 0 aromatic carbocycles. The van der Waals surface area contributed by atoms with Gasteiger partial charge in [-0.25, -0.2) is 0 Å². The van der Waals surface area contributed by atoms with Crippen molar-refractivity contribution < 1.29 is 18.9 Å². The zero-order chi connectivity index (χ0) is 22.2. The van der Waals surface area contributed by atoms with E-state index in [1.54, 1.807) is 28.4 Å². The molecule has 0 heterocycles. The molecule has 0 aliphatic rings. The highest BCUT2D eigenvalue weighted by Gasteiger charge is 2.33. The molecule has 0 aliphatic carbocycles. The molecule has 0 atom stereocenters. The molecule has 0 bridgehead atoms. The second-order valence-corrected chi connectivity index (χ2v) is 7.86. The van der Waals surface area contributed by atoms with Gasteiger partial charge in [0.25, 0.3) is 0 Å². The van der Waals surface area contributed by atoms with Crippen LogP contribution in [0.4, 0.5) is 0 Å². The predicted molar refractivity (Wildman–Crippen MR) is 121 cm³/mol. The third-order valence-corrected chi connectivity index (χ3v) is 5.28. The van der Waals surface area contributed by atoms with Crippen LogP contribution in [0.2, 0.25) is 0 Å². The van der Waals surface area contributed by atoms with Gasteiger partial charge < -0.3 is 18.9 Å². The van der Waals surface area contributed by atoms with Crippen LogP contribution in [0.5, 0.6) is 0 Å². The first kappa shape index (κ1) is 34.4. The fourth-order valence-electron chi connectivity index (χ4n) is 1.74. The van der Waals surface area contributed by atoms with E-state index in [1.165, 1.54) is 38.5 Å². The summed E-state index contributed by atoms with van der Waals surface area (Å²) in [6, 6.07) is 0. The van der Waals surface area contributed by atoms with Crippen molar-refractivity contribution in [3.8, 4) is 0 Å². The van der Waals surface area contributed by atoms with Crippen LogP contribution in [0.25, 0.3) is 0 Å². The minimum absolute atomic E-state index is 0.389. The van der Waals surface area contributed by atoms with Gasteiger partial charge in [0.05, 0.1) is 13.2 Å². The lowest BCUT2D eigenvalue weighted by Crippen LogP contribution is -2.30. The molecular formula is C23H54O4. The van der Waals surface area contributed by atoms with E-state index in [9.17, 15) is 0 Å². The second-order valence-electron chi connectivity index (χ2n) is 7.86. The van der Waals surface area contributed by atoms with Gasteiger partial charge in [0.1, 0.15) is 6.79 Å². The van der Waals surface area contributed by atoms with Crippen LogP contribution in [-0.4, -0.2) is 48.4 Å². The van der Waals surface area contributed by atoms with Gasteiger partial charge in [-0.1, -0.05) is 93.9 Å². The summed E-state index contributed by atoms with van der Waals surface area (Å²) in [6.07, 6.45) is 8.08. The van der Waals surface area contributed by atoms with Crippen LogP contribution in [0.15, 0.2) is 0 Å². The zero-order valence-corrected chi connectivity index (χ0v) is 21.0. The summed E-state index contributed by atoms with van der Waals surface area (Å²) in [5.74, 6) is 0. The van der Waals surface area contributed by atoms with Crippen molar-refractivity contribution >= 4 is 0 Å². The van der Waals surface area contributed by atoms with E-state index in [-0.39, 0.29) is 0 Å². The number of hydrogen-bond acceptors (Lipinski definition) is 4. The Bertz CT molecular complexity index is 209. The Hall–Kier alpha value is -0.160. The van der Waals surface area contributed by atoms with Gasteiger partial charge in [0, 0.05) is 28.4 Å². The van der Waals surface area contributed by atoms with Gasteiger partial charge in [-0.15, -0.1) is 0 Å². The summed E-state index contributed by atoms with van der Waals surface area (Å²) in [7, 11) is 6.48. The maximum Gasteiger partial charge on any atom is 0.145 e. The molecule has 0 spiro atoms. The second kappa shape index (κ2) is 25.8. The Balaban J connectivity index is -0.000000137. The van der Waals surface area contributed by atoms with Crippen LogP contribution in [0, 0.1) is 10.8 Å². The number of ether oxygens (including phenoxy) is 4. The van der Waals surface area contributed by atoms with Gasteiger partial charge in [0.2, 0.25) is 0 Å². The van der Waals surface area contributed by atoms with E-state index >= 15 is 0 Å². The summed E-state index contributed by atoms with van der Waals surface area (Å²) in [4.78, 5) is 0. The van der Waals surface area contributed by atoms with E-state index in [0.29, 0.717) is 30.8 Å². The third-order valence-electron chi connectivity index (χ3n) is 5.28. The van der Waals surface area contributed by atoms with Crippen molar-refractivity contribution in [2.24, 2.45) is 10.8 Å². The minimum Gasteiger partial charge on any atom is -0.382 e. The Kier molecular flexibility index (Phi) is 32.9. The fraction of sp³-hybridized carbons (Fsp3) is 1.00. The predicted octanol–water partition coefficient (Wildman–Crippen LogP) is 6.96. The van der Waals surface area contributed by atoms with Gasteiger partial charge in [-0.2, -0.15) is 0 Å². The third kappa shape index (κ3) is 28.2. The van der Waals surface area contributed by atoms with Gasteiger partial charge >= 0.3 is 0 Å². The molecule has 0 radical (unpaired) electrons. The summed E-state index contributed by atoms with van der Waals surface area (Å²) in [5, 5.41) is 0. The van der Waals surface area contributed by atoms with Crippen molar-refractivity contribution in [3.05, 3.63) is 0 Å². The SMILES string of the molecule is CCC(C)(C)C(C)(C)CC.CCCCCC.COCCOC.COCOC. The smallest absolute Gasteiger partial charge is 0.145 e. The molecule has 0 fully saturated rings. The standard InChI is InChI=1S/C10H22.C6H14.C4H10O2.C3H8O2/c1-7-9(3,4)10(5,6)8-2;1-3-5-6-4-2;1-5-3-4-6-2;1-4-3-5-2/h7-8H2,1-6H3;3-6H2,1-2H3;3-4H2,1-2H3;3H2,1-2H3. The molecule has 0 rings (SSSR count). The van der Waals surface area contributed by atoms with Crippen molar-refractivity contribution in [2.75, 3.05) is 48.4 Å². The van der Waals surface area contributed by atoms with E-state index in [4.69, 9.17) is 0 Å². The Morgan fingerprint density at radius 3 is 0.926 bits per heavy atom. The number of unbranched alkanes of at least 4 members (excludes halogenated alkanes) is 3. The molecule has 0 unspecified atom stereocenters. The minimum atomic E-state index is 0.389. The van der Waals surface area contributed by atoms with Gasteiger partial charge in [-0.3, -0.25) is 0 Å². The molecule has 0 amide bonds. The van der Waals surface area contributed by atoms with E-state index in [0.717, 1.165) is 0 Å². The summed E-state index contributed by atoms with van der Waals surface area (Å²) in [5.41, 5.74) is 0.976. The number of methoxy groups -OCH3 is 4. The Morgan fingerprint density at radius 1 is 0.519 bits per heavy atom. The van der Waals surface area contributed by atoms with Crippen molar-refractivity contribution in [1.29, 1.82) is 0 Å².